The van der Waals surface area contributed by atoms with Gasteiger partial charge in [-0.25, -0.2) is 8.42 Å². The molecule has 5 heteroatoms. The van der Waals surface area contributed by atoms with E-state index in [0.717, 1.165) is 15.7 Å². The van der Waals surface area contributed by atoms with Crippen LogP contribution in [0.25, 0.3) is 0 Å². The molecule has 0 amide bonds. The third-order valence-electron chi connectivity index (χ3n) is 2.47. The lowest BCUT2D eigenvalue weighted by molar-refractivity contribution is 0.599. The smallest absolute Gasteiger partial charge is 0.235 e. The summed E-state index contributed by atoms with van der Waals surface area (Å²) in [6.45, 7) is 2.57. The number of hydrogen-bond donors (Lipinski definition) is 0. The van der Waals surface area contributed by atoms with Gasteiger partial charge in [0.25, 0.3) is 0 Å². The van der Waals surface area contributed by atoms with E-state index in [4.69, 9.17) is 0 Å². The summed E-state index contributed by atoms with van der Waals surface area (Å²) >= 11 is 3.40. The fraction of sp³-hybridized carbons (Fsp3) is 0.400. The summed E-state index contributed by atoms with van der Waals surface area (Å²) in [4.78, 5) is 0. The molecule has 0 N–H and O–H groups in total. The number of sulfonamides is 1. The number of halogens is 1. The van der Waals surface area contributed by atoms with E-state index < -0.39 is 10.0 Å². The Morgan fingerprint density at radius 2 is 2.13 bits per heavy atom. The van der Waals surface area contributed by atoms with Crippen LogP contribution in [0, 0.1) is 6.92 Å². The summed E-state index contributed by atoms with van der Waals surface area (Å²) in [5, 5.41) is 0. The Kier molecular flexibility index (Phi) is 2.77. The number of anilines is 1. The van der Waals surface area contributed by atoms with Gasteiger partial charge in [-0.05, 0) is 47.0 Å². The Morgan fingerprint density at radius 3 is 2.67 bits per heavy atom. The van der Waals surface area contributed by atoms with Gasteiger partial charge >= 0.3 is 0 Å². The van der Waals surface area contributed by atoms with Crippen LogP contribution in [0.4, 0.5) is 5.69 Å². The molecule has 0 aromatic heterocycles. The van der Waals surface area contributed by atoms with Crippen molar-refractivity contribution in [3.63, 3.8) is 0 Å². The zero-order valence-electron chi connectivity index (χ0n) is 8.40. The minimum atomic E-state index is -3.07. The Morgan fingerprint density at radius 1 is 1.40 bits per heavy atom. The maximum atomic E-state index is 11.7. The Balaban J connectivity index is 2.46. The van der Waals surface area contributed by atoms with Gasteiger partial charge in [0.1, 0.15) is 0 Å². The molecule has 0 atom stereocenters. The van der Waals surface area contributed by atoms with Gasteiger partial charge in [-0.1, -0.05) is 6.07 Å². The van der Waals surface area contributed by atoms with Gasteiger partial charge in [0.15, 0.2) is 0 Å². The van der Waals surface area contributed by atoms with Gasteiger partial charge in [0, 0.05) is 11.0 Å². The summed E-state index contributed by atoms with van der Waals surface area (Å²) in [6.07, 6.45) is 0.711. The van der Waals surface area contributed by atoms with E-state index >= 15 is 0 Å². The maximum Gasteiger partial charge on any atom is 0.235 e. The molecule has 1 aliphatic heterocycles. The van der Waals surface area contributed by atoms with Crippen LogP contribution in [0.1, 0.15) is 12.0 Å². The van der Waals surface area contributed by atoms with E-state index in [9.17, 15) is 8.42 Å². The average Bonchev–Trinajstić information content (AvgIpc) is 2.46. The first-order chi connectivity index (χ1) is 7.00. The number of benzene rings is 1. The topological polar surface area (TPSA) is 37.4 Å². The molecular weight excluding hydrogens is 278 g/mol. The van der Waals surface area contributed by atoms with Crippen molar-refractivity contribution in [1.29, 1.82) is 0 Å². The molecule has 1 saturated heterocycles. The highest BCUT2D eigenvalue weighted by Gasteiger charge is 2.29. The maximum absolute atomic E-state index is 11.7. The van der Waals surface area contributed by atoms with Crippen LogP contribution in [0.15, 0.2) is 22.7 Å². The predicted octanol–water partition coefficient (Wildman–Crippen LogP) is 2.30. The summed E-state index contributed by atoms with van der Waals surface area (Å²) in [7, 11) is -3.07. The third-order valence-corrected chi connectivity index (χ3v) is 4.96. The van der Waals surface area contributed by atoms with Crippen molar-refractivity contribution in [3.8, 4) is 0 Å². The second-order valence-electron chi connectivity index (χ2n) is 3.70. The molecular formula is C10H12BrNO2S. The highest BCUT2D eigenvalue weighted by Crippen LogP contribution is 2.31. The lowest BCUT2D eigenvalue weighted by atomic mass is 10.2. The normalized spacial score (nSPS) is 19.5. The number of rotatable bonds is 1. The van der Waals surface area contributed by atoms with Gasteiger partial charge in [-0.15, -0.1) is 0 Å². The van der Waals surface area contributed by atoms with Crippen molar-refractivity contribution in [2.75, 3.05) is 16.6 Å². The second-order valence-corrected chi connectivity index (χ2v) is 6.56. The molecule has 0 saturated carbocycles. The lowest BCUT2D eigenvalue weighted by Gasteiger charge is -2.18. The van der Waals surface area contributed by atoms with Crippen molar-refractivity contribution in [2.24, 2.45) is 0 Å². The summed E-state index contributed by atoms with van der Waals surface area (Å²) in [5.41, 5.74) is 1.86. The van der Waals surface area contributed by atoms with E-state index in [1.165, 1.54) is 4.31 Å². The average molecular weight is 290 g/mol. The monoisotopic (exact) mass is 289 g/mol. The van der Waals surface area contributed by atoms with Crippen LogP contribution in [-0.2, 0) is 10.0 Å². The first kappa shape index (κ1) is 11.0. The number of nitrogens with zero attached hydrogens (tertiary/aromatic N) is 1. The van der Waals surface area contributed by atoms with Crippen molar-refractivity contribution >= 4 is 31.6 Å². The van der Waals surface area contributed by atoms with Crippen LogP contribution in [0.5, 0.6) is 0 Å². The first-order valence-corrected chi connectivity index (χ1v) is 7.17. The molecule has 0 unspecified atom stereocenters. The fourth-order valence-corrected chi connectivity index (χ4v) is 4.13. The van der Waals surface area contributed by atoms with E-state index in [-0.39, 0.29) is 5.75 Å². The van der Waals surface area contributed by atoms with E-state index in [1.54, 1.807) is 0 Å². The van der Waals surface area contributed by atoms with Crippen molar-refractivity contribution in [1.82, 2.24) is 0 Å². The Hall–Kier alpha value is -0.550. The van der Waals surface area contributed by atoms with Crippen molar-refractivity contribution < 1.29 is 8.42 Å². The molecule has 1 aromatic rings. The number of hydrogen-bond acceptors (Lipinski definition) is 2. The largest absolute Gasteiger partial charge is 0.269 e. The highest BCUT2D eigenvalue weighted by molar-refractivity contribution is 9.10. The zero-order valence-corrected chi connectivity index (χ0v) is 10.8. The van der Waals surface area contributed by atoms with E-state index in [2.05, 4.69) is 15.9 Å². The molecule has 1 aromatic carbocycles. The quantitative estimate of drug-likeness (QED) is 0.796. The molecule has 0 aliphatic carbocycles. The van der Waals surface area contributed by atoms with Gasteiger partial charge in [-0.3, -0.25) is 4.31 Å². The summed E-state index contributed by atoms with van der Waals surface area (Å²) in [5.74, 6) is 0.257. The van der Waals surface area contributed by atoms with Gasteiger partial charge in [0.2, 0.25) is 10.0 Å². The molecule has 3 nitrogen and oxygen atoms in total. The molecule has 0 radical (unpaired) electrons. The summed E-state index contributed by atoms with van der Waals surface area (Å²) in [6, 6.07) is 5.71. The molecule has 1 fully saturated rings. The van der Waals surface area contributed by atoms with Crippen LogP contribution in [0.3, 0.4) is 0 Å². The molecule has 0 spiro atoms. The fourth-order valence-electron chi connectivity index (χ4n) is 1.72. The molecule has 2 rings (SSSR count). The Bertz CT molecular complexity index is 484. The zero-order chi connectivity index (χ0) is 11.1. The minimum absolute atomic E-state index is 0.257. The summed E-state index contributed by atoms with van der Waals surface area (Å²) < 4.78 is 25.7. The Labute approximate surface area is 98.3 Å². The van der Waals surface area contributed by atoms with Crippen LogP contribution >= 0.6 is 15.9 Å². The molecule has 1 aliphatic rings. The minimum Gasteiger partial charge on any atom is -0.269 e. The lowest BCUT2D eigenvalue weighted by Crippen LogP contribution is -2.25. The van der Waals surface area contributed by atoms with Crippen molar-refractivity contribution in [3.05, 3.63) is 28.2 Å². The van der Waals surface area contributed by atoms with Crippen LogP contribution in [-0.4, -0.2) is 20.7 Å². The molecule has 82 valence electrons. The predicted molar refractivity (Wildman–Crippen MR) is 64.6 cm³/mol. The van der Waals surface area contributed by atoms with Gasteiger partial charge in [-0.2, -0.15) is 0 Å². The highest BCUT2D eigenvalue weighted by atomic mass is 79.9. The standard InChI is InChI=1S/C10H12BrNO2S/c1-8-3-4-10(9(11)7-8)12-5-2-6-15(12,13)14/h3-4,7H,2,5-6H2,1H3. The SMILES string of the molecule is Cc1ccc(N2CCCS2(=O)=O)c(Br)c1. The van der Waals surface area contributed by atoms with Crippen molar-refractivity contribution in [2.45, 2.75) is 13.3 Å². The molecule has 1 heterocycles. The van der Waals surface area contributed by atoms with Gasteiger partial charge < -0.3 is 0 Å². The van der Waals surface area contributed by atoms with Crippen LogP contribution in [0.2, 0.25) is 0 Å². The van der Waals surface area contributed by atoms with E-state index in [0.29, 0.717) is 13.0 Å². The molecule has 15 heavy (non-hydrogen) atoms. The van der Waals surface area contributed by atoms with Gasteiger partial charge in [0.05, 0.1) is 11.4 Å². The number of aryl methyl sites for hydroxylation is 1. The molecule has 0 bridgehead atoms. The third kappa shape index (κ3) is 2.03. The van der Waals surface area contributed by atoms with Crippen LogP contribution < -0.4 is 4.31 Å². The van der Waals surface area contributed by atoms with E-state index in [1.807, 2.05) is 25.1 Å². The second kappa shape index (κ2) is 3.79. The first-order valence-electron chi connectivity index (χ1n) is 4.77.